The SMILES string of the molecule is C=C1N=C(ON)C=CN1[C@H]1CC(O)[C@@H](CO)O1. The summed E-state index contributed by atoms with van der Waals surface area (Å²) in [5.74, 6) is 5.64. The summed E-state index contributed by atoms with van der Waals surface area (Å²) < 4.78 is 5.47. The smallest absolute Gasteiger partial charge is 0.240 e. The van der Waals surface area contributed by atoms with Crippen LogP contribution in [0.15, 0.2) is 29.7 Å². The van der Waals surface area contributed by atoms with Crippen molar-refractivity contribution in [2.75, 3.05) is 6.61 Å². The summed E-state index contributed by atoms with van der Waals surface area (Å²) in [5.41, 5.74) is 0. The van der Waals surface area contributed by atoms with Gasteiger partial charge in [-0.05, 0) is 0 Å². The van der Waals surface area contributed by atoms with Gasteiger partial charge in [-0.25, -0.2) is 0 Å². The Hall–Kier alpha value is -1.41. The summed E-state index contributed by atoms with van der Waals surface area (Å²) >= 11 is 0. The van der Waals surface area contributed by atoms with E-state index < -0.39 is 18.4 Å². The number of nitrogens with two attached hydrogens (primary N) is 1. The molecule has 1 saturated heterocycles. The van der Waals surface area contributed by atoms with Crippen LogP contribution in [0, 0.1) is 0 Å². The van der Waals surface area contributed by atoms with Crippen LogP contribution in [0.1, 0.15) is 6.42 Å². The summed E-state index contributed by atoms with van der Waals surface area (Å²) in [6.07, 6.45) is 1.95. The van der Waals surface area contributed by atoms with E-state index in [9.17, 15) is 5.11 Å². The van der Waals surface area contributed by atoms with E-state index in [1.165, 1.54) is 0 Å². The topological polar surface area (TPSA) is 101 Å². The van der Waals surface area contributed by atoms with Gasteiger partial charge in [-0.1, -0.05) is 6.58 Å². The number of nitrogens with zero attached hydrogens (tertiary/aromatic N) is 2. The highest BCUT2D eigenvalue weighted by atomic mass is 16.6. The van der Waals surface area contributed by atoms with Gasteiger partial charge in [0, 0.05) is 18.7 Å². The van der Waals surface area contributed by atoms with Crippen molar-refractivity contribution in [3.63, 3.8) is 0 Å². The lowest BCUT2D eigenvalue weighted by Gasteiger charge is -2.28. The summed E-state index contributed by atoms with van der Waals surface area (Å²) in [7, 11) is 0. The summed E-state index contributed by atoms with van der Waals surface area (Å²) in [4.78, 5) is 10.1. The fraction of sp³-hybridized carbons (Fsp3) is 0.500. The molecule has 1 unspecified atom stereocenters. The van der Waals surface area contributed by atoms with Crippen LogP contribution in [0.2, 0.25) is 0 Å². The van der Waals surface area contributed by atoms with Gasteiger partial charge < -0.3 is 24.7 Å². The molecule has 94 valence electrons. The number of aliphatic hydroxyl groups excluding tert-OH is 2. The van der Waals surface area contributed by atoms with E-state index in [-0.39, 0.29) is 12.5 Å². The summed E-state index contributed by atoms with van der Waals surface area (Å²) in [5, 5.41) is 18.6. The third-order valence-corrected chi connectivity index (χ3v) is 2.73. The van der Waals surface area contributed by atoms with Crippen LogP contribution in [0.4, 0.5) is 0 Å². The number of aliphatic imine (C=N–C) groups is 1. The standard InChI is InChI=1S/C10H15N3O4/c1-6-12-9(17-11)2-3-13(6)10-4-7(15)8(5-14)16-10/h2-3,7-8,10,14-15H,1,4-5,11H2/t7?,8-,10-/m1/s1. The second-order valence-electron chi connectivity index (χ2n) is 3.82. The second kappa shape index (κ2) is 4.84. The van der Waals surface area contributed by atoms with Crippen LogP contribution in [-0.2, 0) is 9.57 Å². The molecule has 0 aromatic heterocycles. The molecule has 2 aliphatic rings. The van der Waals surface area contributed by atoms with E-state index in [0.717, 1.165) is 0 Å². The minimum Gasteiger partial charge on any atom is -0.394 e. The van der Waals surface area contributed by atoms with Gasteiger partial charge in [0.05, 0.1) is 12.7 Å². The maximum atomic E-state index is 9.63. The molecule has 7 heteroatoms. The Kier molecular flexibility index (Phi) is 3.43. The lowest BCUT2D eigenvalue weighted by Crippen LogP contribution is -2.32. The predicted octanol–water partition coefficient (Wildman–Crippen LogP) is -0.956. The van der Waals surface area contributed by atoms with Gasteiger partial charge in [-0.2, -0.15) is 10.9 Å². The second-order valence-corrected chi connectivity index (χ2v) is 3.82. The van der Waals surface area contributed by atoms with E-state index in [1.807, 2.05) is 0 Å². The Labute approximate surface area is 98.4 Å². The molecule has 0 aliphatic carbocycles. The van der Waals surface area contributed by atoms with Crippen molar-refractivity contribution in [2.45, 2.75) is 24.9 Å². The molecule has 4 N–H and O–H groups in total. The van der Waals surface area contributed by atoms with Crippen molar-refractivity contribution in [2.24, 2.45) is 10.9 Å². The van der Waals surface area contributed by atoms with Crippen LogP contribution >= 0.6 is 0 Å². The highest BCUT2D eigenvalue weighted by Gasteiger charge is 2.37. The van der Waals surface area contributed by atoms with E-state index in [1.54, 1.807) is 17.2 Å². The first kappa shape index (κ1) is 12.1. The fourth-order valence-corrected chi connectivity index (χ4v) is 1.83. The fourth-order valence-electron chi connectivity index (χ4n) is 1.83. The molecule has 2 aliphatic heterocycles. The van der Waals surface area contributed by atoms with Gasteiger partial charge in [-0.3, -0.25) is 0 Å². The first-order valence-electron chi connectivity index (χ1n) is 5.21. The Bertz CT molecular complexity index is 369. The minimum atomic E-state index is -0.692. The average Bonchev–Trinajstić information content (AvgIpc) is 2.70. The zero-order valence-corrected chi connectivity index (χ0v) is 9.19. The monoisotopic (exact) mass is 241 g/mol. The highest BCUT2D eigenvalue weighted by molar-refractivity contribution is 5.88. The van der Waals surface area contributed by atoms with Crippen molar-refractivity contribution < 1.29 is 19.8 Å². The van der Waals surface area contributed by atoms with Crippen molar-refractivity contribution in [1.82, 2.24) is 4.90 Å². The van der Waals surface area contributed by atoms with E-state index in [4.69, 9.17) is 15.7 Å². The number of ether oxygens (including phenoxy) is 1. The maximum Gasteiger partial charge on any atom is 0.240 e. The molecule has 0 saturated carbocycles. The molecule has 0 aromatic rings. The Morgan fingerprint density at radius 3 is 3.00 bits per heavy atom. The van der Waals surface area contributed by atoms with Crippen LogP contribution in [0.5, 0.6) is 0 Å². The first-order valence-corrected chi connectivity index (χ1v) is 5.21. The van der Waals surface area contributed by atoms with Crippen LogP contribution in [-0.4, -0.2) is 46.1 Å². The molecule has 0 aromatic carbocycles. The lowest BCUT2D eigenvalue weighted by atomic mass is 10.2. The molecule has 3 atom stereocenters. The number of aliphatic hydroxyl groups is 2. The van der Waals surface area contributed by atoms with E-state index in [2.05, 4.69) is 16.4 Å². The molecule has 0 bridgehead atoms. The molecule has 2 rings (SSSR count). The highest BCUT2D eigenvalue weighted by Crippen LogP contribution is 2.27. The molecule has 17 heavy (non-hydrogen) atoms. The molecular weight excluding hydrogens is 226 g/mol. The quantitative estimate of drug-likeness (QED) is 0.539. The summed E-state index contributed by atoms with van der Waals surface area (Å²) in [6, 6.07) is 0. The van der Waals surface area contributed by atoms with Crippen LogP contribution < -0.4 is 5.90 Å². The Balaban J connectivity index is 2.04. The Morgan fingerprint density at radius 2 is 2.47 bits per heavy atom. The lowest BCUT2D eigenvalue weighted by molar-refractivity contribution is -0.0564. The third-order valence-electron chi connectivity index (χ3n) is 2.73. The normalized spacial score (nSPS) is 32.9. The molecule has 1 fully saturated rings. The number of hydrogen-bond acceptors (Lipinski definition) is 7. The maximum absolute atomic E-state index is 9.63. The van der Waals surface area contributed by atoms with E-state index in [0.29, 0.717) is 12.2 Å². The predicted molar refractivity (Wildman–Crippen MR) is 59.2 cm³/mol. The van der Waals surface area contributed by atoms with Crippen molar-refractivity contribution >= 4 is 5.90 Å². The van der Waals surface area contributed by atoms with Crippen molar-refractivity contribution in [1.29, 1.82) is 0 Å². The van der Waals surface area contributed by atoms with Gasteiger partial charge in [0.2, 0.25) is 5.90 Å². The van der Waals surface area contributed by atoms with Crippen molar-refractivity contribution in [3.8, 4) is 0 Å². The number of rotatable bonds is 2. The van der Waals surface area contributed by atoms with Crippen molar-refractivity contribution in [3.05, 3.63) is 24.7 Å². The average molecular weight is 241 g/mol. The molecule has 0 radical (unpaired) electrons. The number of hydrogen-bond donors (Lipinski definition) is 3. The largest absolute Gasteiger partial charge is 0.394 e. The van der Waals surface area contributed by atoms with Crippen LogP contribution in [0.25, 0.3) is 0 Å². The molecule has 0 spiro atoms. The van der Waals surface area contributed by atoms with Gasteiger partial charge in [0.1, 0.15) is 18.2 Å². The Morgan fingerprint density at radius 1 is 1.71 bits per heavy atom. The van der Waals surface area contributed by atoms with Gasteiger partial charge in [-0.15, -0.1) is 0 Å². The van der Waals surface area contributed by atoms with Gasteiger partial charge in [0.25, 0.3) is 0 Å². The zero-order chi connectivity index (χ0) is 12.4. The van der Waals surface area contributed by atoms with Crippen LogP contribution in [0.3, 0.4) is 0 Å². The summed E-state index contributed by atoms with van der Waals surface area (Å²) in [6.45, 7) is 3.52. The first-order chi connectivity index (χ1) is 8.15. The van der Waals surface area contributed by atoms with E-state index >= 15 is 0 Å². The molecule has 0 amide bonds. The molecular formula is C10H15N3O4. The molecule has 7 nitrogen and oxygen atoms in total. The molecule has 2 heterocycles. The zero-order valence-electron chi connectivity index (χ0n) is 9.19. The third kappa shape index (κ3) is 2.32. The van der Waals surface area contributed by atoms with Gasteiger partial charge >= 0.3 is 0 Å². The van der Waals surface area contributed by atoms with Gasteiger partial charge in [0.15, 0.2) is 0 Å². The minimum absolute atomic E-state index is 0.220.